The Morgan fingerprint density at radius 3 is 2.53 bits per heavy atom. The minimum Gasteiger partial charge on any atom is -0.393 e. The molecule has 0 saturated heterocycles. The molecule has 2 heterocycles. The molecule has 10 nitrogen and oxygen atoms in total. The second-order valence-corrected chi connectivity index (χ2v) is 8.83. The Bertz CT molecular complexity index is 1110. The Morgan fingerprint density at radius 2 is 1.93 bits per heavy atom. The largest absolute Gasteiger partial charge is 0.393 e. The lowest BCUT2D eigenvalue weighted by atomic mass is 10.2. The summed E-state index contributed by atoms with van der Waals surface area (Å²) < 4.78 is 28.7. The Morgan fingerprint density at radius 1 is 1.27 bits per heavy atom. The van der Waals surface area contributed by atoms with Crippen molar-refractivity contribution in [3.63, 3.8) is 0 Å². The quantitative estimate of drug-likeness (QED) is 0.466. The number of anilines is 2. The Balaban J connectivity index is 2.21. The average Bonchev–Trinajstić information content (AvgIpc) is 2.66. The first-order chi connectivity index (χ1) is 14.0. The van der Waals surface area contributed by atoms with E-state index in [-0.39, 0.29) is 24.0 Å². The lowest BCUT2D eigenvalue weighted by Gasteiger charge is -2.17. The van der Waals surface area contributed by atoms with Gasteiger partial charge in [0, 0.05) is 24.0 Å². The third-order valence-corrected chi connectivity index (χ3v) is 6.39. The lowest BCUT2D eigenvalue weighted by Crippen LogP contribution is -2.37. The van der Waals surface area contributed by atoms with E-state index >= 15 is 0 Å². The van der Waals surface area contributed by atoms with Gasteiger partial charge in [0.05, 0.1) is 0 Å². The molecule has 0 aromatic carbocycles. The Kier molecular flexibility index (Phi) is 7.21. The monoisotopic (exact) mass is 436 g/mol. The van der Waals surface area contributed by atoms with Crippen LogP contribution in [0.5, 0.6) is 0 Å². The van der Waals surface area contributed by atoms with Crippen LogP contribution in [0.2, 0.25) is 0 Å². The predicted molar refractivity (Wildman–Crippen MR) is 115 cm³/mol. The fourth-order valence-electron chi connectivity index (χ4n) is 2.78. The first-order valence-electron chi connectivity index (χ1n) is 9.47. The van der Waals surface area contributed by atoms with E-state index in [9.17, 15) is 18.0 Å². The van der Waals surface area contributed by atoms with Gasteiger partial charge in [-0.3, -0.25) is 9.59 Å². The molecule has 0 radical (unpaired) electrons. The van der Waals surface area contributed by atoms with Gasteiger partial charge in [0.25, 0.3) is 5.56 Å². The summed E-state index contributed by atoms with van der Waals surface area (Å²) in [7, 11) is -3.95. The number of hydrogen-bond acceptors (Lipinski definition) is 7. The number of aromatic nitrogens is 2. The highest BCUT2D eigenvalue weighted by Gasteiger charge is 2.24. The topological polar surface area (TPSA) is 162 Å². The number of amides is 1. The molecule has 0 bridgehead atoms. The van der Waals surface area contributed by atoms with Crippen LogP contribution in [0.4, 0.5) is 11.5 Å². The number of rotatable bonds is 8. The van der Waals surface area contributed by atoms with Crippen molar-refractivity contribution in [2.24, 2.45) is 0 Å². The standard InChI is InChI=1S/C19H28N6O4S/c1-5-11(2)24-30(28,29)15-8-12(3)25(19(27)18(15)21)10-17(26)22-9-14-6-7-16(20)23-13(14)4/h6-8,11,24H,5,9-10,21H2,1-4H3,(H2,20,23)(H,22,26). The number of aryl methyl sites for hydroxylation is 2. The predicted octanol–water partition coefficient (Wildman–Crippen LogP) is 0.418. The third-order valence-electron chi connectivity index (χ3n) is 4.76. The van der Waals surface area contributed by atoms with Crippen molar-refractivity contribution in [2.45, 2.75) is 58.1 Å². The molecule has 1 unspecified atom stereocenters. The second kappa shape index (κ2) is 9.26. The maximum Gasteiger partial charge on any atom is 0.275 e. The van der Waals surface area contributed by atoms with E-state index in [4.69, 9.17) is 11.5 Å². The Hall–Kier alpha value is -2.92. The molecule has 0 saturated carbocycles. The van der Waals surface area contributed by atoms with Crippen LogP contribution in [0.1, 0.15) is 37.2 Å². The van der Waals surface area contributed by atoms with E-state index in [2.05, 4.69) is 15.0 Å². The van der Waals surface area contributed by atoms with Gasteiger partial charge < -0.3 is 21.4 Å². The van der Waals surface area contributed by atoms with Gasteiger partial charge >= 0.3 is 0 Å². The molecule has 11 heteroatoms. The highest BCUT2D eigenvalue weighted by atomic mass is 32.2. The summed E-state index contributed by atoms with van der Waals surface area (Å²) in [6, 6.07) is 4.38. The van der Waals surface area contributed by atoms with Crippen LogP contribution in [-0.2, 0) is 27.9 Å². The molecule has 2 rings (SSSR count). The number of nitrogen functional groups attached to an aromatic ring is 2. The first-order valence-corrected chi connectivity index (χ1v) is 11.0. The zero-order chi connectivity index (χ0) is 22.6. The van der Waals surface area contributed by atoms with Gasteiger partial charge in [0.2, 0.25) is 15.9 Å². The lowest BCUT2D eigenvalue weighted by molar-refractivity contribution is -0.121. The fourth-order valence-corrected chi connectivity index (χ4v) is 4.30. The molecule has 2 aromatic rings. The van der Waals surface area contributed by atoms with Crippen molar-refractivity contribution in [1.29, 1.82) is 0 Å². The molecule has 2 aromatic heterocycles. The van der Waals surface area contributed by atoms with Gasteiger partial charge in [-0.1, -0.05) is 13.0 Å². The number of nitrogens with two attached hydrogens (primary N) is 2. The van der Waals surface area contributed by atoms with Crippen molar-refractivity contribution in [1.82, 2.24) is 19.6 Å². The number of sulfonamides is 1. The molecule has 0 aliphatic rings. The highest BCUT2D eigenvalue weighted by molar-refractivity contribution is 7.89. The molecule has 1 atom stereocenters. The van der Waals surface area contributed by atoms with E-state index in [1.54, 1.807) is 32.9 Å². The molecule has 6 N–H and O–H groups in total. The molecular formula is C19H28N6O4S. The van der Waals surface area contributed by atoms with E-state index < -0.39 is 27.2 Å². The highest BCUT2D eigenvalue weighted by Crippen LogP contribution is 2.17. The summed E-state index contributed by atoms with van der Waals surface area (Å²) in [5.41, 5.74) is 12.1. The molecule has 0 aliphatic carbocycles. The van der Waals surface area contributed by atoms with Crippen molar-refractivity contribution >= 4 is 27.4 Å². The van der Waals surface area contributed by atoms with Crippen LogP contribution in [-0.4, -0.2) is 29.9 Å². The molecule has 0 aliphatic heterocycles. The van der Waals surface area contributed by atoms with Crippen LogP contribution in [0.15, 0.2) is 27.9 Å². The number of nitrogens with one attached hydrogen (secondary N) is 2. The smallest absolute Gasteiger partial charge is 0.275 e. The number of hydrogen-bond donors (Lipinski definition) is 4. The fraction of sp³-hybridized carbons (Fsp3) is 0.421. The van der Waals surface area contributed by atoms with Crippen molar-refractivity contribution in [3.05, 3.63) is 45.5 Å². The summed E-state index contributed by atoms with van der Waals surface area (Å²) in [4.78, 5) is 28.9. The third kappa shape index (κ3) is 5.36. The number of carbonyl (C=O) groups is 1. The molecule has 0 fully saturated rings. The first kappa shape index (κ1) is 23.4. The summed E-state index contributed by atoms with van der Waals surface area (Å²) in [5.74, 6) is -0.0396. The SMILES string of the molecule is CCC(C)NS(=O)(=O)c1cc(C)n(CC(=O)NCc2ccc(N)nc2C)c(=O)c1N. The van der Waals surface area contributed by atoms with E-state index in [1.165, 1.54) is 6.07 Å². The summed E-state index contributed by atoms with van der Waals surface area (Å²) in [6.07, 6.45) is 0.582. The van der Waals surface area contributed by atoms with Crippen LogP contribution < -0.4 is 27.1 Å². The van der Waals surface area contributed by atoms with Gasteiger partial charge in [0.15, 0.2) is 0 Å². The van der Waals surface area contributed by atoms with E-state index in [1.807, 2.05) is 6.92 Å². The zero-order valence-corrected chi connectivity index (χ0v) is 18.3. The number of carbonyl (C=O) groups excluding carboxylic acids is 1. The van der Waals surface area contributed by atoms with Crippen molar-refractivity contribution in [3.8, 4) is 0 Å². The summed E-state index contributed by atoms with van der Waals surface area (Å²) >= 11 is 0. The minimum absolute atomic E-state index is 0.215. The van der Waals surface area contributed by atoms with Crippen molar-refractivity contribution < 1.29 is 13.2 Å². The van der Waals surface area contributed by atoms with Gasteiger partial charge in [-0.2, -0.15) is 0 Å². The summed E-state index contributed by atoms with van der Waals surface area (Å²) in [6.45, 7) is 6.79. The normalized spacial score (nSPS) is 12.5. The minimum atomic E-state index is -3.95. The second-order valence-electron chi connectivity index (χ2n) is 7.14. The van der Waals surface area contributed by atoms with E-state index in [0.29, 0.717) is 23.6 Å². The number of pyridine rings is 2. The van der Waals surface area contributed by atoms with Crippen LogP contribution in [0.25, 0.3) is 0 Å². The van der Waals surface area contributed by atoms with Gasteiger partial charge in [-0.25, -0.2) is 18.1 Å². The molecular weight excluding hydrogens is 408 g/mol. The zero-order valence-electron chi connectivity index (χ0n) is 17.5. The van der Waals surface area contributed by atoms with Gasteiger partial charge in [-0.15, -0.1) is 0 Å². The van der Waals surface area contributed by atoms with E-state index in [0.717, 1.165) is 10.1 Å². The van der Waals surface area contributed by atoms with Crippen molar-refractivity contribution in [2.75, 3.05) is 11.5 Å². The number of nitrogens with zero attached hydrogens (tertiary/aromatic N) is 2. The molecule has 30 heavy (non-hydrogen) atoms. The Labute approximate surface area is 175 Å². The van der Waals surface area contributed by atoms with Crippen LogP contribution in [0, 0.1) is 13.8 Å². The van der Waals surface area contributed by atoms with Crippen LogP contribution >= 0.6 is 0 Å². The van der Waals surface area contributed by atoms with Gasteiger partial charge in [0.1, 0.15) is 22.9 Å². The molecule has 0 spiro atoms. The molecule has 1 amide bonds. The molecule has 164 valence electrons. The van der Waals surface area contributed by atoms with Crippen LogP contribution in [0.3, 0.4) is 0 Å². The maximum absolute atomic E-state index is 12.7. The maximum atomic E-state index is 12.7. The summed E-state index contributed by atoms with van der Waals surface area (Å²) in [5, 5.41) is 2.71. The van der Waals surface area contributed by atoms with Gasteiger partial charge in [-0.05, 0) is 44.9 Å². The average molecular weight is 437 g/mol.